The van der Waals surface area contributed by atoms with Gasteiger partial charge in [0.15, 0.2) is 0 Å². The number of methoxy groups -OCH3 is 1. The number of benzene rings is 2. The topological polar surface area (TPSA) is 63.2 Å². The molecule has 2 N–H and O–H groups in total. The van der Waals surface area contributed by atoms with Crippen molar-refractivity contribution in [2.75, 3.05) is 17.7 Å². The van der Waals surface area contributed by atoms with Gasteiger partial charge in [-0.05, 0) is 36.4 Å². The highest BCUT2D eigenvalue weighted by Crippen LogP contribution is 2.34. The van der Waals surface area contributed by atoms with Gasteiger partial charge in [-0.1, -0.05) is 24.3 Å². The molecule has 3 rings (SSSR count). The number of amides is 1. The van der Waals surface area contributed by atoms with E-state index in [1.54, 1.807) is 25.3 Å². The van der Waals surface area contributed by atoms with Gasteiger partial charge in [-0.2, -0.15) is 13.2 Å². The van der Waals surface area contributed by atoms with Crippen LogP contribution in [0.3, 0.4) is 0 Å². The first-order chi connectivity index (χ1) is 13.4. The number of para-hydroxylation sites is 3. The lowest BCUT2D eigenvalue weighted by atomic mass is 10.1. The van der Waals surface area contributed by atoms with Crippen molar-refractivity contribution in [1.29, 1.82) is 0 Å². The summed E-state index contributed by atoms with van der Waals surface area (Å²) in [6, 6.07) is 15.0. The minimum absolute atomic E-state index is 0.127. The van der Waals surface area contributed by atoms with Gasteiger partial charge in [-0.25, -0.2) is 4.98 Å². The lowest BCUT2D eigenvalue weighted by Crippen LogP contribution is -2.16. The maximum absolute atomic E-state index is 13.0. The number of ether oxygens (including phenoxy) is 1. The van der Waals surface area contributed by atoms with Gasteiger partial charge in [0.05, 0.1) is 29.6 Å². The van der Waals surface area contributed by atoms with E-state index in [9.17, 15) is 18.0 Å². The fourth-order valence-corrected chi connectivity index (χ4v) is 2.52. The quantitative estimate of drug-likeness (QED) is 0.639. The van der Waals surface area contributed by atoms with E-state index in [0.717, 1.165) is 6.07 Å². The molecule has 8 heteroatoms. The molecule has 144 valence electrons. The van der Waals surface area contributed by atoms with Crippen molar-refractivity contribution in [3.05, 3.63) is 78.0 Å². The number of hydrogen-bond donors (Lipinski definition) is 2. The Morgan fingerprint density at radius 3 is 2.29 bits per heavy atom. The van der Waals surface area contributed by atoms with Crippen LogP contribution in [0.2, 0.25) is 0 Å². The smallest absolute Gasteiger partial charge is 0.418 e. The summed E-state index contributed by atoms with van der Waals surface area (Å²) in [4.78, 5) is 16.4. The maximum Gasteiger partial charge on any atom is 0.418 e. The Bertz CT molecular complexity index is 973. The van der Waals surface area contributed by atoms with Gasteiger partial charge in [-0.15, -0.1) is 0 Å². The number of nitrogens with one attached hydrogen (secondary N) is 2. The molecular weight excluding hydrogens is 371 g/mol. The Morgan fingerprint density at radius 1 is 0.964 bits per heavy atom. The number of nitrogens with zero attached hydrogens (tertiary/aromatic N) is 1. The summed E-state index contributed by atoms with van der Waals surface area (Å²) in [7, 11) is 1.54. The highest BCUT2D eigenvalue weighted by molar-refractivity contribution is 6.04. The first kappa shape index (κ1) is 19.2. The van der Waals surface area contributed by atoms with E-state index in [1.165, 1.54) is 30.5 Å². The first-order valence-corrected chi connectivity index (χ1v) is 8.22. The van der Waals surface area contributed by atoms with Crippen LogP contribution in [-0.2, 0) is 6.18 Å². The third-order valence-corrected chi connectivity index (χ3v) is 3.88. The average Bonchev–Trinajstić information content (AvgIpc) is 2.68. The van der Waals surface area contributed by atoms with Crippen molar-refractivity contribution < 1.29 is 22.7 Å². The van der Waals surface area contributed by atoms with E-state index in [0.29, 0.717) is 17.3 Å². The summed E-state index contributed by atoms with van der Waals surface area (Å²) in [5.41, 5.74) is -0.404. The second kappa shape index (κ2) is 7.99. The van der Waals surface area contributed by atoms with Crippen LogP contribution in [0.25, 0.3) is 0 Å². The van der Waals surface area contributed by atoms with Crippen LogP contribution in [0.5, 0.6) is 5.75 Å². The van der Waals surface area contributed by atoms with Crippen molar-refractivity contribution in [3.8, 4) is 5.75 Å². The molecule has 0 aliphatic carbocycles. The third-order valence-electron chi connectivity index (χ3n) is 3.88. The van der Waals surface area contributed by atoms with Crippen LogP contribution in [0.15, 0.2) is 66.9 Å². The molecule has 0 atom stereocenters. The Labute approximate surface area is 159 Å². The Kier molecular flexibility index (Phi) is 5.49. The molecule has 1 amide bonds. The zero-order chi connectivity index (χ0) is 20.1. The molecule has 0 bridgehead atoms. The highest BCUT2D eigenvalue weighted by atomic mass is 19.4. The van der Waals surface area contributed by atoms with Crippen LogP contribution in [-0.4, -0.2) is 18.0 Å². The van der Waals surface area contributed by atoms with E-state index in [4.69, 9.17) is 4.74 Å². The number of alkyl halides is 3. The molecule has 1 heterocycles. The lowest BCUT2D eigenvalue weighted by Gasteiger charge is -2.13. The van der Waals surface area contributed by atoms with Crippen molar-refractivity contribution >= 4 is 23.1 Å². The van der Waals surface area contributed by atoms with Crippen molar-refractivity contribution in [1.82, 2.24) is 4.98 Å². The minimum atomic E-state index is -4.56. The molecule has 0 saturated heterocycles. The van der Waals surface area contributed by atoms with E-state index in [-0.39, 0.29) is 11.3 Å². The molecule has 1 aromatic heterocycles. The number of rotatable bonds is 5. The molecule has 0 unspecified atom stereocenters. The standard InChI is InChI=1S/C20H16F3N3O2/c1-28-17-9-5-4-8-16(17)25-18-11-10-13(12-24-18)19(27)26-15-7-3-2-6-14(15)20(21,22)23/h2-12H,1H3,(H,24,25)(H,26,27). The summed E-state index contributed by atoms with van der Waals surface area (Å²) in [6.07, 6.45) is -3.28. The van der Waals surface area contributed by atoms with Gasteiger partial charge in [-0.3, -0.25) is 4.79 Å². The van der Waals surface area contributed by atoms with Crippen molar-refractivity contribution in [2.45, 2.75) is 6.18 Å². The van der Waals surface area contributed by atoms with Gasteiger partial charge in [0.2, 0.25) is 0 Å². The average molecular weight is 387 g/mol. The van der Waals surface area contributed by atoms with E-state index in [1.807, 2.05) is 12.1 Å². The van der Waals surface area contributed by atoms with Crippen molar-refractivity contribution in [3.63, 3.8) is 0 Å². The Morgan fingerprint density at radius 2 is 1.64 bits per heavy atom. The summed E-state index contributed by atoms with van der Waals surface area (Å²) in [6.45, 7) is 0. The highest BCUT2D eigenvalue weighted by Gasteiger charge is 2.33. The second-order valence-electron chi connectivity index (χ2n) is 5.75. The van der Waals surface area contributed by atoms with Crippen molar-refractivity contribution in [2.24, 2.45) is 0 Å². The number of carbonyl (C=O) groups is 1. The van der Waals surface area contributed by atoms with Gasteiger partial charge in [0.1, 0.15) is 11.6 Å². The van der Waals surface area contributed by atoms with Crippen LogP contribution >= 0.6 is 0 Å². The third kappa shape index (κ3) is 4.40. The zero-order valence-corrected chi connectivity index (χ0v) is 14.7. The molecule has 0 saturated carbocycles. The van der Waals surface area contributed by atoms with Gasteiger partial charge in [0.25, 0.3) is 5.91 Å². The maximum atomic E-state index is 13.0. The summed E-state index contributed by atoms with van der Waals surface area (Å²) in [5, 5.41) is 5.33. The number of aromatic nitrogens is 1. The summed E-state index contributed by atoms with van der Waals surface area (Å²) in [5.74, 6) is 0.389. The van der Waals surface area contributed by atoms with Crippen LogP contribution < -0.4 is 15.4 Å². The van der Waals surface area contributed by atoms with Crippen LogP contribution in [0.4, 0.5) is 30.4 Å². The molecule has 5 nitrogen and oxygen atoms in total. The van der Waals surface area contributed by atoms with E-state index >= 15 is 0 Å². The number of anilines is 3. The van der Waals surface area contributed by atoms with Crippen LogP contribution in [0.1, 0.15) is 15.9 Å². The predicted octanol–water partition coefficient (Wildman–Crippen LogP) is 5.10. The molecule has 0 aliphatic rings. The van der Waals surface area contributed by atoms with Gasteiger partial charge < -0.3 is 15.4 Å². The number of halogens is 3. The Balaban J connectivity index is 1.75. The molecule has 2 aromatic carbocycles. The fraction of sp³-hybridized carbons (Fsp3) is 0.100. The summed E-state index contributed by atoms with van der Waals surface area (Å²) >= 11 is 0. The lowest BCUT2D eigenvalue weighted by molar-refractivity contribution is -0.136. The Hall–Kier alpha value is -3.55. The zero-order valence-electron chi connectivity index (χ0n) is 14.7. The largest absolute Gasteiger partial charge is 0.495 e. The molecule has 3 aromatic rings. The number of hydrogen-bond acceptors (Lipinski definition) is 4. The molecule has 0 spiro atoms. The molecule has 28 heavy (non-hydrogen) atoms. The molecule has 0 radical (unpaired) electrons. The molecule has 0 aliphatic heterocycles. The van der Waals surface area contributed by atoms with E-state index < -0.39 is 17.6 Å². The van der Waals surface area contributed by atoms with E-state index in [2.05, 4.69) is 15.6 Å². The predicted molar refractivity (Wildman–Crippen MR) is 99.9 cm³/mol. The summed E-state index contributed by atoms with van der Waals surface area (Å²) < 4.78 is 44.4. The molecule has 0 fully saturated rings. The molecular formula is C20H16F3N3O2. The SMILES string of the molecule is COc1ccccc1Nc1ccc(C(=O)Nc2ccccc2C(F)(F)F)cn1. The minimum Gasteiger partial charge on any atom is -0.495 e. The van der Waals surface area contributed by atoms with Gasteiger partial charge in [0, 0.05) is 6.20 Å². The van der Waals surface area contributed by atoms with Crippen LogP contribution in [0, 0.1) is 0 Å². The first-order valence-electron chi connectivity index (χ1n) is 8.22. The number of pyridine rings is 1. The fourth-order valence-electron chi connectivity index (χ4n) is 2.52. The number of carbonyl (C=O) groups excluding carboxylic acids is 1. The van der Waals surface area contributed by atoms with Gasteiger partial charge >= 0.3 is 6.18 Å². The monoisotopic (exact) mass is 387 g/mol. The second-order valence-corrected chi connectivity index (χ2v) is 5.75. The normalized spacial score (nSPS) is 11.0.